The fourth-order valence-corrected chi connectivity index (χ4v) is 2.78. The van der Waals surface area contributed by atoms with Gasteiger partial charge in [-0.15, -0.1) is 0 Å². The molecule has 0 bridgehead atoms. The molecule has 1 aliphatic carbocycles. The zero-order valence-corrected chi connectivity index (χ0v) is 10.6. The van der Waals surface area contributed by atoms with Gasteiger partial charge in [0.15, 0.2) is 0 Å². The summed E-state index contributed by atoms with van der Waals surface area (Å²) in [4.78, 5) is 3.33. The summed E-state index contributed by atoms with van der Waals surface area (Å²) in [6.45, 7) is 4.13. The number of fused-ring (bicyclic) bond motifs is 1. The topological polar surface area (TPSA) is 51.0 Å². The molecule has 1 fully saturated rings. The molecule has 1 aliphatic rings. The fraction of sp³-hybridized carbons (Fsp3) is 0.429. The second-order valence-electron chi connectivity index (χ2n) is 4.97. The van der Waals surface area contributed by atoms with Gasteiger partial charge in [-0.25, -0.2) is 0 Å². The van der Waals surface area contributed by atoms with Crippen LogP contribution in [0.25, 0.3) is 10.9 Å². The van der Waals surface area contributed by atoms with Crippen LogP contribution in [0.3, 0.4) is 0 Å². The lowest BCUT2D eigenvalue weighted by molar-refractivity contribution is 0.409. The molecule has 0 saturated heterocycles. The van der Waals surface area contributed by atoms with Gasteiger partial charge in [-0.05, 0) is 38.2 Å². The molecule has 0 radical (unpaired) electrons. The quantitative estimate of drug-likeness (QED) is 0.778. The van der Waals surface area contributed by atoms with E-state index >= 15 is 0 Å². The monoisotopic (exact) mass is 230 g/mol. The van der Waals surface area contributed by atoms with Gasteiger partial charge in [-0.3, -0.25) is 0 Å². The molecule has 0 unspecified atom stereocenters. The highest BCUT2D eigenvalue weighted by atomic mass is 16.5. The molecule has 0 spiro atoms. The van der Waals surface area contributed by atoms with Crippen molar-refractivity contribution in [2.45, 2.75) is 32.6 Å². The van der Waals surface area contributed by atoms with Crippen LogP contribution in [-0.4, -0.2) is 12.1 Å². The highest BCUT2D eigenvalue weighted by molar-refractivity contribution is 5.99. The minimum Gasteiger partial charge on any atom is -0.496 e. The maximum Gasteiger partial charge on any atom is 0.127 e. The van der Waals surface area contributed by atoms with Crippen LogP contribution in [0.5, 0.6) is 5.75 Å². The van der Waals surface area contributed by atoms with Crippen LogP contribution in [0.4, 0.5) is 5.69 Å². The van der Waals surface area contributed by atoms with Crippen LogP contribution in [0.15, 0.2) is 6.20 Å². The molecular weight excluding hydrogens is 212 g/mol. The van der Waals surface area contributed by atoms with E-state index in [0.717, 1.165) is 22.5 Å². The van der Waals surface area contributed by atoms with E-state index in [-0.39, 0.29) is 0 Å². The molecule has 1 aromatic carbocycles. The van der Waals surface area contributed by atoms with Crippen molar-refractivity contribution in [2.75, 3.05) is 12.8 Å². The number of nitrogens with two attached hydrogens (primary N) is 1. The number of aromatic amines is 1. The number of H-pyrrole nitrogens is 1. The van der Waals surface area contributed by atoms with E-state index in [1.54, 1.807) is 7.11 Å². The number of nitrogen functional groups attached to an aromatic ring is 1. The maximum absolute atomic E-state index is 6.19. The van der Waals surface area contributed by atoms with Crippen molar-refractivity contribution < 1.29 is 4.74 Å². The number of aryl methyl sites for hydroxylation is 1. The normalized spacial score (nSPS) is 15.5. The maximum atomic E-state index is 6.19. The molecule has 0 atom stereocenters. The summed E-state index contributed by atoms with van der Waals surface area (Å²) < 4.78 is 5.50. The number of hydrogen-bond donors (Lipinski definition) is 2. The minimum absolute atomic E-state index is 0.717. The Hall–Kier alpha value is -1.64. The zero-order chi connectivity index (χ0) is 12.2. The fourth-order valence-electron chi connectivity index (χ4n) is 2.78. The van der Waals surface area contributed by atoms with Crippen LogP contribution in [0.1, 0.15) is 35.4 Å². The smallest absolute Gasteiger partial charge is 0.127 e. The number of rotatable bonds is 2. The number of methoxy groups -OCH3 is 1. The number of anilines is 1. The lowest BCUT2D eigenvalue weighted by atomic mass is 9.99. The van der Waals surface area contributed by atoms with Crippen molar-refractivity contribution in [2.24, 2.45) is 0 Å². The van der Waals surface area contributed by atoms with Crippen molar-refractivity contribution in [3.8, 4) is 5.75 Å². The Labute approximate surface area is 101 Å². The standard InChI is InChI=1S/C14H18N2O/c1-7-11-10(9-4-5-9)6-16-13(11)12(15)8(2)14(7)17-3/h6,9,16H,4-5,15H2,1-3H3. The highest BCUT2D eigenvalue weighted by Crippen LogP contribution is 2.47. The predicted molar refractivity (Wildman–Crippen MR) is 70.7 cm³/mol. The number of hydrogen-bond acceptors (Lipinski definition) is 2. The number of nitrogens with one attached hydrogen (secondary N) is 1. The molecule has 1 aromatic heterocycles. The third-order valence-electron chi connectivity index (χ3n) is 3.86. The largest absolute Gasteiger partial charge is 0.496 e. The van der Waals surface area contributed by atoms with Crippen molar-refractivity contribution in [1.29, 1.82) is 0 Å². The van der Waals surface area contributed by atoms with E-state index in [0.29, 0.717) is 5.92 Å². The lowest BCUT2D eigenvalue weighted by Crippen LogP contribution is -1.98. The van der Waals surface area contributed by atoms with E-state index in [1.807, 2.05) is 6.92 Å². The summed E-state index contributed by atoms with van der Waals surface area (Å²) in [6.07, 6.45) is 4.70. The summed E-state index contributed by atoms with van der Waals surface area (Å²) in [5.74, 6) is 1.64. The second-order valence-corrected chi connectivity index (χ2v) is 4.97. The first-order valence-electron chi connectivity index (χ1n) is 6.08. The van der Waals surface area contributed by atoms with Gasteiger partial charge in [0.2, 0.25) is 0 Å². The van der Waals surface area contributed by atoms with Crippen molar-refractivity contribution >= 4 is 16.6 Å². The van der Waals surface area contributed by atoms with E-state index in [4.69, 9.17) is 10.5 Å². The third kappa shape index (κ3) is 1.35. The first-order chi connectivity index (χ1) is 8.15. The lowest BCUT2D eigenvalue weighted by Gasteiger charge is -2.13. The number of ether oxygens (including phenoxy) is 1. The molecular formula is C14H18N2O. The van der Waals surface area contributed by atoms with E-state index in [2.05, 4.69) is 18.1 Å². The molecule has 1 heterocycles. The summed E-state index contributed by atoms with van der Waals surface area (Å²) in [7, 11) is 1.71. The van der Waals surface area contributed by atoms with Gasteiger partial charge in [-0.1, -0.05) is 0 Å². The van der Waals surface area contributed by atoms with Gasteiger partial charge < -0.3 is 15.5 Å². The average Bonchev–Trinajstić information content (AvgIpc) is 3.06. The van der Waals surface area contributed by atoms with Crippen molar-refractivity contribution in [3.63, 3.8) is 0 Å². The Morgan fingerprint density at radius 3 is 2.59 bits per heavy atom. The van der Waals surface area contributed by atoms with Crippen LogP contribution in [-0.2, 0) is 0 Å². The number of aromatic nitrogens is 1. The summed E-state index contributed by atoms with van der Waals surface area (Å²) in [5.41, 5.74) is 11.7. The molecule has 3 rings (SSSR count). The Balaban J connectivity index is 2.40. The third-order valence-corrected chi connectivity index (χ3v) is 3.86. The Morgan fingerprint density at radius 2 is 2.00 bits per heavy atom. The summed E-state index contributed by atoms with van der Waals surface area (Å²) in [6, 6.07) is 0. The van der Waals surface area contributed by atoms with Crippen LogP contribution < -0.4 is 10.5 Å². The molecule has 0 amide bonds. The molecule has 3 N–H and O–H groups in total. The summed E-state index contributed by atoms with van der Waals surface area (Å²) in [5, 5.41) is 1.27. The first-order valence-corrected chi connectivity index (χ1v) is 6.08. The van der Waals surface area contributed by atoms with Gasteiger partial charge in [0, 0.05) is 22.7 Å². The van der Waals surface area contributed by atoms with Crippen molar-refractivity contribution in [3.05, 3.63) is 22.9 Å². The SMILES string of the molecule is COc1c(C)c(N)c2[nH]cc(C3CC3)c2c1C. The average molecular weight is 230 g/mol. The molecule has 2 aromatic rings. The Morgan fingerprint density at radius 1 is 1.29 bits per heavy atom. The molecule has 90 valence electrons. The number of benzene rings is 1. The van der Waals surface area contributed by atoms with Crippen molar-refractivity contribution in [1.82, 2.24) is 4.98 Å². The van der Waals surface area contributed by atoms with Gasteiger partial charge in [0.05, 0.1) is 18.3 Å². The zero-order valence-electron chi connectivity index (χ0n) is 10.6. The molecule has 3 heteroatoms. The van der Waals surface area contributed by atoms with Gasteiger partial charge in [0.1, 0.15) is 5.75 Å². The minimum atomic E-state index is 0.717. The van der Waals surface area contributed by atoms with E-state index < -0.39 is 0 Å². The highest BCUT2D eigenvalue weighted by Gasteiger charge is 2.28. The second kappa shape index (κ2) is 3.42. The molecule has 17 heavy (non-hydrogen) atoms. The van der Waals surface area contributed by atoms with Gasteiger partial charge in [-0.2, -0.15) is 0 Å². The Kier molecular flexibility index (Phi) is 2.12. The molecule has 1 saturated carbocycles. The van der Waals surface area contributed by atoms with Crippen LogP contribution in [0.2, 0.25) is 0 Å². The predicted octanol–water partition coefficient (Wildman–Crippen LogP) is 3.25. The summed E-state index contributed by atoms with van der Waals surface area (Å²) >= 11 is 0. The Bertz CT molecular complexity index is 594. The first kappa shape index (κ1) is 10.5. The van der Waals surface area contributed by atoms with E-state index in [1.165, 1.54) is 29.4 Å². The van der Waals surface area contributed by atoms with Crippen LogP contribution in [0, 0.1) is 13.8 Å². The van der Waals surface area contributed by atoms with Crippen LogP contribution >= 0.6 is 0 Å². The van der Waals surface area contributed by atoms with Gasteiger partial charge in [0.25, 0.3) is 0 Å². The van der Waals surface area contributed by atoms with Gasteiger partial charge >= 0.3 is 0 Å². The molecule has 3 nitrogen and oxygen atoms in total. The molecule has 0 aliphatic heterocycles. The van der Waals surface area contributed by atoms with E-state index in [9.17, 15) is 0 Å².